The standard InChI is InChI=1S/C19H30N2.2ClH/c20-14-16-13-19(21,17-9-5-2-6-10-17)12-11-18(16)15-7-3-1-4-8-15;;/h1,3-4,7-8,16-18H,2,5-6,9-14,20-21H2;2*1H. The Balaban J connectivity index is 0.00000132. The monoisotopic (exact) mass is 358 g/mol. The predicted octanol–water partition coefficient (Wildman–Crippen LogP) is 4.65. The minimum absolute atomic E-state index is 0. The van der Waals surface area contributed by atoms with Crippen LogP contribution in [0.2, 0.25) is 0 Å². The lowest BCUT2D eigenvalue weighted by atomic mass is 9.61. The van der Waals surface area contributed by atoms with Crippen LogP contribution >= 0.6 is 24.8 Å². The molecule has 0 bridgehead atoms. The second-order valence-corrected chi connectivity index (χ2v) is 7.32. The largest absolute Gasteiger partial charge is 0.330 e. The van der Waals surface area contributed by atoms with Gasteiger partial charge >= 0.3 is 0 Å². The average Bonchev–Trinajstić information content (AvgIpc) is 2.56. The molecule has 0 saturated heterocycles. The zero-order valence-electron chi connectivity index (χ0n) is 14.0. The van der Waals surface area contributed by atoms with Gasteiger partial charge in [0, 0.05) is 5.54 Å². The summed E-state index contributed by atoms with van der Waals surface area (Å²) in [6, 6.07) is 10.9. The highest BCUT2D eigenvalue weighted by Crippen LogP contribution is 2.46. The number of rotatable bonds is 3. The lowest BCUT2D eigenvalue weighted by Gasteiger charge is -2.48. The maximum atomic E-state index is 6.88. The molecule has 3 unspecified atom stereocenters. The normalized spacial score (nSPS) is 31.7. The summed E-state index contributed by atoms with van der Waals surface area (Å²) in [4.78, 5) is 0. The molecule has 2 aliphatic carbocycles. The predicted molar refractivity (Wildman–Crippen MR) is 104 cm³/mol. The zero-order chi connectivity index (χ0) is 14.7. The molecule has 0 radical (unpaired) electrons. The van der Waals surface area contributed by atoms with E-state index < -0.39 is 0 Å². The van der Waals surface area contributed by atoms with Gasteiger partial charge in [-0.3, -0.25) is 0 Å². The highest BCUT2D eigenvalue weighted by molar-refractivity contribution is 5.85. The van der Waals surface area contributed by atoms with Crippen LogP contribution in [-0.2, 0) is 0 Å². The van der Waals surface area contributed by atoms with Crippen molar-refractivity contribution in [2.45, 2.75) is 62.8 Å². The van der Waals surface area contributed by atoms with Gasteiger partial charge in [-0.25, -0.2) is 0 Å². The van der Waals surface area contributed by atoms with E-state index in [0.717, 1.165) is 18.9 Å². The van der Waals surface area contributed by atoms with E-state index in [0.29, 0.717) is 11.8 Å². The molecule has 2 nitrogen and oxygen atoms in total. The van der Waals surface area contributed by atoms with Crippen molar-refractivity contribution >= 4 is 24.8 Å². The van der Waals surface area contributed by atoms with Gasteiger partial charge in [0.1, 0.15) is 0 Å². The topological polar surface area (TPSA) is 52.0 Å². The third-order valence-electron chi connectivity index (χ3n) is 6.08. The lowest BCUT2D eigenvalue weighted by Crippen LogP contribution is -2.53. The fraction of sp³-hybridized carbons (Fsp3) is 0.684. The highest BCUT2D eigenvalue weighted by atomic mass is 35.5. The molecule has 0 heterocycles. The summed E-state index contributed by atoms with van der Waals surface area (Å²) in [6.45, 7) is 0.769. The van der Waals surface area contributed by atoms with Gasteiger partial charge in [-0.05, 0) is 62.0 Å². The molecule has 0 aromatic heterocycles. The molecule has 2 fully saturated rings. The van der Waals surface area contributed by atoms with Crippen molar-refractivity contribution < 1.29 is 0 Å². The summed E-state index contributed by atoms with van der Waals surface area (Å²) in [6.07, 6.45) is 10.3. The van der Waals surface area contributed by atoms with Crippen LogP contribution in [0.15, 0.2) is 30.3 Å². The summed E-state index contributed by atoms with van der Waals surface area (Å²) >= 11 is 0. The Bertz CT molecular complexity index is 448. The van der Waals surface area contributed by atoms with Gasteiger partial charge in [0.05, 0.1) is 0 Å². The smallest absolute Gasteiger partial charge is 0.0186 e. The van der Waals surface area contributed by atoms with Crippen molar-refractivity contribution in [1.82, 2.24) is 0 Å². The second kappa shape index (κ2) is 9.27. The third kappa shape index (κ3) is 4.63. The second-order valence-electron chi connectivity index (χ2n) is 7.32. The van der Waals surface area contributed by atoms with Crippen LogP contribution in [0.5, 0.6) is 0 Å². The van der Waals surface area contributed by atoms with Crippen molar-refractivity contribution in [3.8, 4) is 0 Å². The van der Waals surface area contributed by atoms with Gasteiger partial charge in [-0.15, -0.1) is 24.8 Å². The molecule has 2 aliphatic rings. The molecule has 0 aliphatic heterocycles. The Morgan fingerprint density at radius 1 is 0.957 bits per heavy atom. The Kier molecular flexibility index (Phi) is 8.37. The van der Waals surface area contributed by atoms with Crippen LogP contribution < -0.4 is 11.5 Å². The SMILES string of the molecule is Cl.Cl.NCC1CC(N)(C2CCCCC2)CCC1c1ccccc1. The molecule has 3 atom stereocenters. The molecule has 2 saturated carbocycles. The van der Waals surface area contributed by atoms with Crippen molar-refractivity contribution in [3.63, 3.8) is 0 Å². The molecular weight excluding hydrogens is 327 g/mol. The minimum Gasteiger partial charge on any atom is -0.330 e. The Morgan fingerprint density at radius 2 is 1.61 bits per heavy atom. The van der Waals surface area contributed by atoms with E-state index in [-0.39, 0.29) is 30.4 Å². The van der Waals surface area contributed by atoms with Gasteiger partial charge in [0.15, 0.2) is 0 Å². The Morgan fingerprint density at radius 3 is 2.22 bits per heavy atom. The first-order chi connectivity index (χ1) is 10.2. The number of hydrogen-bond acceptors (Lipinski definition) is 2. The van der Waals surface area contributed by atoms with Crippen LogP contribution in [0.1, 0.15) is 62.8 Å². The van der Waals surface area contributed by atoms with Gasteiger partial charge < -0.3 is 11.5 Å². The quantitative estimate of drug-likeness (QED) is 0.825. The van der Waals surface area contributed by atoms with Crippen LogP contribution in [0, 0.1) is 11.8 Å². The van der Waals surface area contributed by atoms with E-state index in [1.807, 2.05) is 0 Å². The van der Waals surface area contributed by atoms with Crippen molar-refractivity contribution in [3.05, 3.63) is 35.9 Å². The van der Waals surface area contributed by atoms with Crippen LogP contribution in [-0.4, -0.2) is 12.1 Å². The molecule has 4 N–H and O–H groups in total. The molecular formula is C19H32Cl2N2. The van der Waals surface area contributed by atoms with Crippen LogP contribution in [0.4, 0.5) is 0 Å². The number of benzene rings is 1. The summed E-state index contributed by atoms with van der Waals surface area (Å²) in [7, 11) is 0. The molecule has 0 spiro atoms. The first-order valence-electron chi connectivity index (χ1n) is 8.77. The Hall–Kier alpha value is -0.280. The fourth-order valence-electron chi connectivity index (χ4n) is 4.83. The maximum absolute atomic E-state index is 6.88. The van der Waals surface area contributed by atoms with Gasteiger partial charge in [0.2, 0.25) is 0 Å². The third-order valence-corrected chi connectivity index (χ3v) is 6.08. The van der Waals surface area contributed by atoms with Crippen LogP contribution in [0.25, 0.3) is 0 Å². The summed E-state index contributed by atoms with van der Waals surface area (Å²) in [5, 5.41) is 0. The first kappa shape index (κ1) is 20.8. The molecule has 4 heteroatoms. The molecule has 23 heavy (non-hydrogen) atoms. The minimum atomic E-state index is 0. The molecule has 132 valence electrons. The fourth-order valence-corrected chi connectivity index (χ4v) is 4.83. The average molecular weight is 359 g/mol. The highest BCUT2D eigenvalue weighted by Gasteiger charge is 2.43. The number of nitrogens with two attached hydrogens (primary N) is 2. The summed E-state index contributed by atoms with van der Waals surface area (Å²) in [5.74, 6) is 1.89. The van der Waals surface area contributed by atoms with Crippen molar-refractivity contribution in [2.75, 3.05) is 6.54 Å². The van der Waals surface area contributed by atoms with Gasteiger partial charge in [-0.2, -0.15) is 0 Å². The van der Waals surface area contributed by atoms with Crippen molar-refractivity contribution in [2.24, 2.45) is 23.3 Å². The van der Waals surface area contributed by atoms with Gasteiger partial charge in [0.25, 0.3) is 0 Å². The molecule has 0 amide bonds. The molecule has 3 rings (SSSR count). The lowest BCUT2D eigenvalue weighted by molar-refractivity contribution is 0.111. The van der Waals surface area contributed by atoms with Gasteiger partial charge in [-0.1, -0.05) is 49.6 Å². The van der Waals surface area contributed by atoms with E-state index in [1.54, 1.807) is 0 Å². The van der Waals surface area contributed by atoms with E-state index in [9.17, 15) is 0 Å². The maximum Gasteiger partial charge on any atom is 0.0186 e. The van der Waals surface area contributed by atoms with E-state index in [1.165, 1.54) is 50.5 Å². The zero-order valence-corrected chi connectivity index (χ0v) is 15.6. The molecule has 1 aromatic carbocycles. The van der Waals surface area contributed by atoms with Crippen LogP contribution in [0.3, 0.4) is 0 Å². The molecule has 1 aromatic rings. The van der Waals surface area contributed by atoms with Crippen molar-refractivity contribution in [1.29, 1.82) is 0 Å². The first-order valence-corrected chi connectivity index (χ1v) is 8.77. The van der Waals surface area contributed by atoms with E-state index in [4.69, 9.17) is 11.5 Å². The number of halogens is 2. The van der Waals surface area contributed by atoms with E-state index in [2.05, 4.69) is 30.3 Å². The Labute approximate surface area is 153 Å². The number of hydrogen-bond donors (Lipinski definition) is 2. The van der Waals surface area contributed by atoms with E-state index >= 15 is 0 Å². The summed E-state index contributed by atoms with van der Waals surface area (Å²) < 4.78 is 0. The summed E-state index contributed by atoms with van der Waals surface area (Å²) in [5.41, 5.74) is 14.5.